The second kappa shape index (κ2) is 8.11. The molecule has 0 aliphatic heterocycles. The monoisotopic (exact) mass is 494 g/mol. The van der Waals surface area contributed by atoms with Crippen molar-refractivity contribution in [3.8, 4) is 12.3 Å². The molecule has 0 saturated heterocycles. The smallest absolute Gasteiger partial charge is 0.313 e. The molecule has 3 heteroatoms. The van der Waals surface area contributed by atoms with Gasteiger partial charge in [0, 0.05) is 0 Å². The summed E-state index contributed by atoms with van der Waals surface area (Å²) in [4.78, 5) is 13.6. The highest BCUT2D eigenvalue weighted by molar-refractivity contribution is 5.79. The lowest BCUT2D eigenvalue weighted by molar-refractivity contribution is -0.206. The summed E-state index contributed by atoms with van der Waals surface area (Å²) in [6.07, 6.45) is 18.4. The van der Waals surface area contributed by atoms with Crippen LogP contribution in [0.2, 0.25) is 0 Å². The van der Waals surface area contributed by atoms with Crippen molar-refractivity contribution < 1.29 is 14.6 Å². The average molecular weight is 495 g/mol. The molecule has 0 radical (unpaired) electrons. The van der Waals surface area contributed by atoms with Crippen LogP contribution in [0.5, 0.6) is 0 Å². The van der Waals surface area contributed by atoms with E-state index < -0.39 is 5.41 Å². The lowest BCUT2D eigenvalue weighted by Crippen LogP contribution is -2.65. The van der Waals surface area contributed by atoms with Gasteiger partial charge in [0.1, 0.15) is 0 Å². The van der Waals surface area contributed by atoms with Gasteiger partial charge in [-0.3, -0.25) is 4.79 Å². The lowest BCUT2D eigenvalue weighted by atomic mass is 9.33. The minimum atomic E-state index is -0.418. The maximum absolute atomic E-state index is 13.6. The highest BCUT2D eigenvalue weighted by Gasteiger charge is 2.69. The van der Waals surface area contributed by atoms with Crippen molar-refractivity contribution in [2.24, 2.45) is 50.2 Å². The molecule has 0 aromatic carbocycles. The molecule has 0 aromatic rings. The number of esters is 1. The summed E-state index contributed by atoms with van der Waals surface area (Å²) < 4.78 is 5.70. The van der Waals surface area contributed by atoms with Gasteiger partial charge in [0.05, 0.1) is 11.5 Å². The standard InChI is InChI=1S/C33H50O3/c1-9-20-36-27(35)33-18-16-28(2,3)21-23(33)22-10-11-25-30(6)14-13-26(34)29(4,5)24(30)12-15-32(25,8)31(22,7)17-19-33/h1,10,23-26,34H,11-21H2,2-8H3/t23?,24?,25?,26?,30?,31-,32?,33?/m1/s1. The van der Waals surface area contributed by atoms with Crippen molar-refractivity contribution in [2.45, 2.75) is 119 Å². The van der Waals surface area contributed by atoms with Gasteiger partial charge in [-0.25, -0.2) is 0 Å². The maximum Gasteiger partial charge on any atom is 0.313 e. The molecule has 0 amide bonds. The number of ether oxygens (including phenoxy) is 1. The fourth-order valence-electron chi connectivity index (χ4n) is 10.9. The van der Waals surface area contributed by atoms with Crippen LogP contribution < -0.4 is 0 Å². The predicted octanol–water partition coefficient (Wildman–Crippen LogP) is 7.33. The first-order valence-corrected chi connectivity index (χ1v) is 14.7. The number of aliphatic hydroxyl groups excluding tert-OH is 1. The van der Waals surface area contributed by atoms with Crippen LogP contribution in [0.25, 0.3) is 0 Å². The van der Waals surface area contributed by atoms with Crippen LogP contribution in [0, 0.1) is 62.6 Å². The van der Waals surface area contributed by atoms with E-state index in [4.69, 9.17) is 11.2 Å². The third-order valence-electron chi connectivity index (χ3n) is 13.3. The van der Waals surface area contributed by atoms with E-state index in [-0.39, 0.29) is 51.7 Å². The largest absolute Gasteiger partial charge is 0.452 e. The van der Waals surface area contributed by atoms with Gasteiger partial charge >= 0.3 is 5.97 Å². The van der Waals surface area contributed by atoms with Gasteiger partial charge in [-0.05, 0) is 109 Å². The Labute approximate surface area is 220 Å². The lowest BCUT2D eigenvalue weighted by Gasteiger charge is -2.71. The van der Waals surface area contributed by atoms with Crippen LogP contribution >= 0.6 is 0 Å². The van der Waals surface area contributed by atoms with Gasteiger partial charge in [0.25, 0.3) is 0 Å². The molecule has 0 bridgehead atoms. The van der Waals surface area contributed by atoms with Crippen molar-refractivity contribution in [3.05, 3.63) is 11.6 Å². The van der Waals surface area contributed by atoms with Crippen LogP contribution in [-0.2, 0) is 9.53 Å². The third kappa shape index (κ3) is 3.31. The summed E-state index contributed by atoms with van der Waals surface area (Å²) in [5.74, 6) is 3.89. The topological polar surface area (TPSA) is 46.5 Å². The van der Waals surface area contributed by atoms with E-state index in [2.05, 4.69) is 60.5 Å². The van der Waals surface area contributed by atoms with E-state index in [1.165, 1.54) is 12.8 Å². The van der Waals surface area contributed by atoms with Crippen LogP contribution in [0.4, 0.5) is 0 Å². The number of hydrogen-bond donors (Lipinski definition) is 1. The molecule has 0 spiro atoms. The molecule has 0 aromatic heterocycles. The Morgan fingerprint density at radius 1 is 1.00 bits per heavy atom. The molecule has 5 aliphatic carbocycles. The predicted molar refractivity (Wildman–Crippen MR) is 145 cm³/mol. The molecule has 4 fully saturated rings. The molecule has 1 N–H and O–H groups in total. The number of rotatable bonds is 2. The van der Waals surface area contributed by atoms with Gasteiger partial charge < -0.3 is 9.84 Å². The number of allylic oxidation sites excluding steroid dienone is 2. The van der Waals surface area contributed by atoms with E-state index in [0.29, 0.717) is 11.8 Å². The Morgan fingerprint density at radius 2 is 1.69 bits per heavy atom. The number of terminal acetylenes is 1. The number of fused-ring (bicyclic) bond motifs is 7. The van der Waals surface area contributed by atoms with Crippen molar-refractivity contribution >= 4 is 5.97 Å². The normalized spacial score (nSPS) is 48.7. The SMILES string of the molecule is C#CCOC(=O)C12CCC(C)(C)CC1C1=CCC3C4(C)CCC(O)C(C)(C)C4CCC3(C)[C@]1(C)CC2. The summed E-state index contributed by atoms with van der Waals surface area (Å²) >= 11 is 0. The quantitative estimate of drug-likeness (QED) is 0.248. The first kappa shape index (κ1) is 26.3. The molecular weight excluding hydrogens is 444 g/mol. The van der Waals surface area contributed by atoms with Gasteiger partial charge in [0.2, 0.25) is 0 Å². The second-order valence-corrected chi connectivity index (χ2v) is 15.5. The van der Waals surface area contributed by atoms with Crippen molar-refractivity contribution in [3.63, 3.8) is 0 Å². The molecule has 3 nitrogen and oxygen atoms in total. The van der Waals surface area contributed by atoms with Crippen molar-refractivity contribution in [2.75, 3.05) is 6.61 Å². The van der Waals surface area contributed by atoms with Gasteiger partial charge in [-0.1, -0.05) is 66.0 Å². The molecule has 200 valence electrons. The molecule has 5 aliphatic rings. The van der Waals surface area contributed by atoms with Gasteiger partial charge in [-0.2, -0.15) is 0 Å². The van der Waals surface area contributed by atoms with E-state index in [0.717, 1.165) is 51.4 Å². The maximum atomic E-state index is 13.6. The fourth-order valence-corrected chi connectivity index (χ4v) is 10.9. The average Bonchev–Trinajstić information content (AvgIpc) is 2.80. The molecular formula is C33H50O3. The number of hydrogen-bond acceptors (Lipinski definition) is 3. The Kier molecular flexibility index (Phi) is 5.94. The number of aliphatic hydroxyl groups is 1. The van der Waals surface area contributed by atoms with E-state index in [9.17, 15) is 9.90 Å². The first-order valence-electron chi connectivity index (χ1n) is 14.7. The van der Waals surface area contributed by atoms with Crippen LogP contribution in [0.3, 0.4) is 0 Å². The molecule has 5 rings (SSSR count). The molecule has 4 saturated carbocycles. The molecule has 8 atom stereocenters. The fraction of sp³-hybridized carbons (Fsp3) is 0.848. The van der Waals surface area contributed by atoms with Gasteiger partial charge in [0.15, 0.2) is 6.61 Å². The minimum Gasteiger partial charge on any atom is -0.452 e. The Morgan fingerprint density at radius 3 is 2.39 bits per heavy atom. The summed E-state index contributed by atoms with van der Waals surface area (Å²) in [6, 6.07) is 0. The highest BCUT2D eigenvalue weighted by Crippen LogP contribution is 2.75. The second-order valence-electron chi connectivity index (χ2n) is 15.5. The highest BCUT2D eigenvalue weighted by atomic mass is 16.5. The minimum absolute atomic E-state index is 0.0326. The van der Waals surface area contributed by atoms with Crippen molar-refractivity contribution in [1.29, 1.82) is 0 Å². The zero-order valence-electron chi connectivity index (χ0n) is 24.0. The zero-order chi connectivity index (χ0) is 26.4. The number of carbonyl (C=O) groups is 1. The van der Waals surface area contributed by atoms with Crippen LogP contribution in [-0.4, -0.2) is 23.8 Å². The Bertz CT molecular complexity index is 999. The third-order valence-corrected chi connectivity index (χ3v) is 13.3. The summed E-state index contributed by atoms with van der Waals surface area (Å²) in [6.45, 7) is 17.2. The Hall–Kier alpha value is -1.27. The first-order chi connectivity index (χ1) is 16.7. The molecule has 36 heavy (non-hydrogen) atoms. The van der Waals surface area contributed by atoms with E-state index in [1.807, 2.05) is 0 Å². The van der Waals surface area contributed by atoms with Crippen molar-refractivity contribution in [1.82, 2.24) is 0 Å². The van der Waals surface area contributed by atoms with Crippen LogP contribution in [0.15, 0.2) is 11.6 Å². The van der Waals surface area contributed by atoms with E-state index in [1.54, 1.807) is 5.57 Å². The Balaban J connectivity index is 1.58. The summed E-state index contributed by atoms with van der Waals surface area (Å²) in [5.41, 5.74) is 1.89. The van der Waals surface area contributed by atoms with Gasteiger partial charge in [-0.15, -0.1) is 6.42 Å². The zero-order valence-corrected chi connectivity index (χ0v) is 24.0. The van der Waals surface area contributed by atoms with Crippen LogP contribution in [0.1, 0.15) is 113 Å². The summed E-state index contributed by atoms with van der Waals surface area (Å²) in [5, 5.41) is 10.9. The molecule has 7 unspecified atom stereocenters. The summed E-state index contributed by atoms with van der Waals surface area (Å²) in [7, 11) is 0. The van der Waals surface area contributed by atoms with E-state index >= 15 is 0 Å². The molecule has 0 heterocycles. The number of carbonyl (C=O) groups excluding carboxylic acids is 1.